The molecule has 0 aliphatic rings. The van der Waals surface area contributed by atoms with Gasteiger partial charge in [-0.3, -0.25) is 0 Å². The molecule has 0 saturated carbocycles. The van der Waals surface area contributed by atoms with Crippen molar-refractivity contribution in [1.29, 1.82) is 5.26 Å². The van der Waals surface area contributed by atoms with Crippen LogP contribution in [0, 0.1) is 16.7 Å². The van der Waals surface area contributed by atoms with Gasteiger partial charge in [-0.05, 0) is 18.3 Å². The van der Waals surface area contributed by atoms with Gasteiger partial charge in [-0.1, -0.05) is 72.3 Å². The molecule has 0 rings (SSSR count). The third-order valence-electron chi connectivity index (χ3n) is 4.09. The Kier molecular flexibility index (Phi) is 9.61. The topological polar surface area (TPSA) is 44.0 Å². The normalized spacial score (nSPS) is 15.5. The molecule has 1 N–H and O–H groups in total. The molecule has 0 aromatic carbocycles. The van der Waals surface area contributed by atoms with E-state index in [0.29, 0.717) is 5.57 Å². The summed E-state index contributed by atoms with van der Waals surface area (Å²) in [5, 5.41) is 19.3. The van der Waals surface area contributed by atoms with Crippen molar-refractivity contribution in [3.63, 3.8) is 0 Å². The van der Waals surface area contributed by atoms with Gasteiger partial charge in [0, 0.05) is 0 Å². The van der Waals surface area contributed by atoms with Gasteiger partial charge in [0.2, 0.25) is 0 Å². The zero-order chi connectivity index (χ0) is 14.7. The van der Waals surface area contributed by atoms with Crippen LogP contribution in [0.15, 0.2) is 12.2 Å². The number of hydrogen-bond donors (Lipinski definition) is 1. The van der Waals surface area contributed by atoms with Gasteiger partial charge >= 0.3 is 0 Å². The van der Waals surface area contributed by atoms with E-state index in [1.54, 1.807) is 0 Å². The molecule has 0 aromatic heterocycles. The highest BCUT2D eigenvalue weighted by atomic mass is 16.3. The Morgan fingerprint density at radius 2 is 1.58 bits per heavy atom. The molecule has 0 bridgehead atoms. The summed E-state index contributed by atoms with van der Waals surface area (Å²) in [5.41, 5.74) is 0.130. The van der Waals surface area contributed by atoms with Gasteiger partial charge in [0.05, 0.1) is 17.7 Å². The molecule has 2 atom stereocenters. The molecule has 0 saturated heterocycles. The Hall–Kier alpha value is -0.810. The highest BCUT2D eigenvalue weighted by molar-refractivity contribution is 5.23. The number of rotatable bonds is 11. The van der Waals surface area contributed by atoms with E-state index in [9.17, 15) is 5.11 Å². The van der Waals surface area contributed by atoms with Crippen molar-refractivity contribution in [3.05, 3.63) is 12.2 Å². The van der Waals surface area contributed by atoms with Crippen molar-refractivity contribution in [2.45, 2.75) is 84.7 Å². The van der Waals surface area contributed by atoms with Crippen molar-refractivity contribution >= 4 is 0 Å². The Morgan fingerprint density at radius 3 is 2.05 bits per heavy atom. The average Bonchev–Trinajstić information content (AvgIpc) is 2.42. The largest absolute Gasteiger partial charge is 0.387 e. The van der Waals surface area contributed by atoms with Crippen LogP contribution in [0.4, 0.5) is 0 Å². The van der Waals surface area contributed by atoms with Crippen LogP contribution in [0.5, 0.6) is 0 Å². The molecule has 0 fully saturated rings. The molecule has 19 heavy (non-hydrogen) atoms. The minimum absolute atomic E-state index is 0.185. The molecule has 0 aliphatic heterocycles. The van der Waals surface area contributed by atoms with Gasteiger partial charge in [0.15, 0.2) is 0 Å². The van der Waals surface area contributed by atoms with Crippen LogP contribution in [-0.2, 0) is 0 Å². The van der Waals surface area contributed by atoms with Crippen molar-refractivity contribution in [3.8, 4) is 6.07 Å². The van der Waals surface area contributed by atoms with Crippen LogP contribution in [0.3, 0.4) is 0 Å². The third kappa shape index (κ3) is 6.78. The second-order valence-electron chi connectivity index (χ2n) is 5.96. The number of hydrogen-bond acceptors (Lipinski definition) is 2. The first-order valence-electron chi connectivity index (χ1n) is 7.78. The van der Waals surface area contributed by atoms with E-state index in [4.69, 9.17) is 5.26 Å². The Labute approximate surface area is 119 Å². The van der Waals surface area contributed by atoms with E-state index in [1.165, 1.54) is 32.1 Å². The van der Waals surface area contributed by atoms with Crippen LogP contribution < -0.4 is 0 Å². The predicted octanol–water partition coefficient (Wildman–Crippen LogP) is 4.98. The fourth-order valence-corrected chi connectivity index (χ4v) is 2.61. The molecule has 0 heterocycles. The predicted molar refractivity (Wildman–Crippen MR) is 81.8 cm³/mol. The lowest BCUT2D eigenvalue weighted by Crippen LogP contribution is -2.33. The summed E-state index contributed by atoms with van der Waals surface area (Å²) >= 11 is 0. The second kappa shape index (κ2) is 10.0. The lowest BCUT2D eigenvalue weighted by molar-refractivity contribution is 0.0510. The minimum atomic E-state index is -0.684. The zero-order valence-electron chi connectivity index (χ0n) is 13.0. The Balaban J connectivity index is 4.52. The third-order valence-corrected chi connectivity index (χ3v) is 4.09. The Bertz CT molecular complexity index is 292. The number of nitrogens with zero attached hydrogens (tertiary/aromatic N) is 1. The standard InChI is InChI=1S/C17H31NO/c1-5-7-9-11-13-17(4,12-10-8-6-2)16(19)15(3)14-18/h16,19H,3,5-13H2,1-2,4H3. The smallest absolute Gasteiger partial charge is 0.0968 e. The average molecular weight is 265 g/mol. The van der Waals surface area contributed by atoms with Gasteiger partial charge in [0.25, 0.3) is 0 Å². The maximum absolute atomic E-state index is 10.4. The molecule has 110 valence electrons. The fraction of sp³-hybridized carbons (Fsp3) is 0.824. The van der Waals surface area contributed by atoms with E-state index in [-0.39, 0.29) is 5.41 Å². The first-order valence-corrected chi connectivity index (χ1v) is 7.78. The van der Waals surface area contributed by atoms with Gasteiger partial charge in [0.1, 0.15) is 0 Å². The van der Waals surface area contributed by atoms with Crippen LogP contribution in [0.1, 0.15) is 78.6 Å². The maximum atomic E-state index is 10.4. The van der Waals surface area contributed by atoms with E-state index in [2.05, 4.69) is 27.4 Å². The van der Waals surface area contributed by atoms with Gasteiger partial charge in [-0.2, -0.15) is 5.26 Å². The first-order chi connectivity index (χ1) is 9.01. The SMILES string of the molecule is C=C(C#N)C(O)C(C)(CCCCC)CCCCCC. The number of aliphatic hydroxyl groups is 1. The second-order valence-corrected chi connectivity index (χ2v) is 5.96. The summed E-state index contributed by atoms with van der Waals surface area (Å²) in [5.74, 6) is 0. The van der Waals surface area contributed by atoms with E-state index in [1.807, 2.05) is 6.07 Å². The van der Waals surface area contributed by atoms with Crippen LogP contribution in [0.25, 0.3) is 0 Å². The highest BCUT2D eigenvalue weighted by Gasteiger charge is 2.33. The molecular formula is C17H31NO. The monoisotopic (exact) mass is 265 g/mol. The maximum Gasteiger partial charge on any atom is 0.0968 e. The van der Waals surface area contributed by atoms with Gasteiger partial charge < -0.3 is 5.11 Å². The summed E-state index contributed by atoms with van der Waals surface area (Å²) in [6.07, 6.45) is 9.59. The fourth-order valence-electron chi connectivity index (χ4n) is 2.61. The minimum Gasteiger partial charge on any atom is -0.387 e. The number of unbranched alkanes of at least 4 members (excludes halogenated alkanes) is 5. The van der Waals surface area contributed by atoms with Crippen LogP contribution in [0.2, 0.25) is 0 Å². The Morgan fingerprint density at radius 1 is 1.11 bits per heavy atom. The van der Waals surface area contributed by atoms with Crippen molar-refractivity contribution < 1.29 is 5.11 Å². The van der Waals surface area contributed by atoms with Crippen LogP contribution >= 0.6 is 0 Å². The van der Waals surface area contributed by atoms with Gasteiger partial charge in [-0.25, -0.2) is 0 Å². The van der Waals surface area contributed by atoms with E-state index < -0.39 is 6.10 Å². The molecule has 0 radical (unpaired) electrons. The summed E-state index contributed by atoms with van der Waals surface area (Å²) in [7, 11) is 0. The first kappa shape index (κ1) is 18.2. The molecular weight excluding hydrogens is 234 g/mol. The van der Waals surface area contributed by atoms with Crippen molar-refractivity contribution in [1.82, 2.24) is 0 Å². The molecule has 0 spiro atoms. The quantitative estimate of drug-likeness (QED) is 0.423. The van der Waals surface area contributed by atoms with Crippen molar-refractivity contribution in [2.75, 3.05) is 0 Å². The van der Waals surface area contributed by atoms with Crippen molar-refractivity contribution in [2.24, 2.45) is 5.41 Å². The summed E-state index contributed by atoms with van der Waals surface area (Å²) in [6, 6.07) is 2.02. The lowest BCUT2D eigenvalue weighted by Gasteiger charge is -2.34. The molecule has 2 nitrogen and oxygen atoms in total. The van der Waals surface area contributed by atoms with Crippen LogP contribution in [-0.4, -0.2) is 11.2 Å². The van der Waals surface area contributed by atoms with E-state index >= 15 is 0 Å². The summed E-state index contributed by atoms with van der Waals surface area (Å²) in [6.45, 7) is 10.2. The summed E-state index contributed by atoms with van der Waals surface area (Å²) in [4.78, 5) is 0. The zero-order valence-corrected chi connectivity index (χ0v) is 13.0. The molecule has 2 heteroatoms. The summed E-state index contributed by atoms with van der Waals surface area (Å²) < 4.78 is 0. The number of nitriles is 1. The molecule has 0 amide bonds. The lowest BCUT2D eigenvalue weighted by atomic mass is 9.73. The van der Waals surface area contributed by atoms with E-state index in [0.717, 1.165) is 25.7 Å². The number of aliphatic hydroxyl groups excluding tert-OH is 1. The molecule has 0 aliphatic carbocycles. The highest BCUT2D eigenvalue weighted by Crippen LogP contribution is 2.37. The van der Waals surface area contributed by atoms with Gasteiger partial charge in [-0.15, -0.1) is 0 Å². The molecule has 2 unspecified atom stereocenters. The molecule has 0 aromatic rings.